The van der Waals surface area contributed by atoms with E-state index in [1.165, 1.54) is 4.90 Å². The number of benzene rings is 1. The molecule has 0 aliphatic carbocycles. The summed E-state index contributed by atoms with van der Waals surface area (Å²) in [4.78, 5) is 5.69. The lowest BCUT2D eigenvalue weighted by Gasteiger charge is -2.12. The molecule has 0 aliphatic rings. The number of likely N-dealkylation sites (N-methyl/N-ethyl adjacent to an activating group) is 1. The number of quaternary nitrogens is 1. The topological polar surface area (TPSA) is 41.4 Å². The molecule has 20 heavy (non-hydrogen) atoms. The maximum atomic E-state index is 5.26. The van der Waals surface area contributed by atoms with Crippen molar-refractivity contribution in [2.45, 2.75) is 0 Å². The molecule has 1 aromatic heterocycles. The van der Waals surface area contributed by atoms with Crippen LogP contribution in [0.4, 0.5) is 5.69 Å². The second kappa shape index (κ2) is 7.33. The van der Waals surface area contributed by atoms with Crippen LogP contribution in [-0.2, 0) is 0 Å². The molecule has 0 unspecified atom stereocenters. The molecule has 4 nitrogen and oxygen atoms in total. The van der Waals surface area contributed by atoms with Crippen LogP contribution in [0, 0.1) is 0 Å². The molecule has 2 rings (SSSR count). The van der Waals surface area contributed by atoms with Crippen molar-refractivity contribution in [2.75, 3.05) is 32.5 Å². The molecule has 0 saturated heterocycles. The van der Waals surface area contributed by atoms with E-state index in [9.17, 15) is 0 Å². The maximum absolute atomic E-state index is 5.26. The maximum Gasteiger partial charge on any atom is 0.170 e. The molecule has 0 saturated carbocycles. The Labute approximate surface area is 128 Å². The van der Waals surface area contributed by atoms with E-state index in [-0.39, 0.29) is 0 Å². The molecular weight excluding hydrogens is 288 g/mol. The first-order valence-corrected chi connectivity index (χ1v) is 7.78. The molecule has 0 bridgehead atoms. The number of nitrogens with one attached hydrogen (secondary N) is 3. The van der Waals surface area contributed by atoms with Crippen molar-refractivity contribution in [1.82, 2.24) is 10.3 Å². The van der Waals surface area contributed by atoms with Crippen LogP contribution in [0.25, 0.3) is 10.6 Å². The van der Waals surface area contributed by atoms with E-state index in [2.05, 4.69) is 29.7 Å². The van der Waals surface area contributed by atoms with Gasteiger partial charge in [-0.15, -0.1) is 11.3 Å². The third-order valence-corrected chi connectivity index (χ3v) is 3.80. The SMILES string of the molecule is C[NH+](C)CCNC(=S)Nc1ccc(-c2nccs2)cc1. The number of nitrogens with zero attached hydrogens (tertiary/aromatic N) is 1. The second-order valence-electron chi connectivity index (χ2n) is 4.75. The van der Waals surface area contributed by atoms with Crippen molar-refractivity contribution in [1.29, 1.82) is 0 Å². The van der Waals surface area contributed by atoms with Crippen molar-refractivity contribution in [3.05, 3.63) is 35.8 Å². The third kappa shape index (κ3) is 4.56. The lowest BCUT2D eigenvalue weighted by molar-refractivity contribution is -0.856. The standard InChI is InChI=1S/C14H18N4S2/c1-18(2)9-7-16-14(19)17-12-5-3-11(4-6-12)13-15-8-10-20-13/h3-6,8,10H,7,9H2,1-2H3,(H2,16,17,19)/p+1. The zero-order valence-corrected chi connectivity index (χ0v) is 13.3. The van der Waals surface area contributed by atoms with E-state index in [1.807, 2.05) is 35.8 Å². The van der Waals surface area contributed by atoms with Gasteiger partial charge < -0.3 is 15.5 Å². The highest BCUT2D eigenvalue weighted by Gasteiger charge is 2.02. The van der Waals surface area contributed by atoms with Crippen LogP contribution in [0.2, 0.25) is 0 Å². The highest BCUT2D eigenvalue weighted by molar-refractivity contribution is 7.80. The number of hydrogen-bond donors (Lipinski definition) is 3. The van der Waals surface area contributed by atoms with E-state index in [0.717, 1.165) is 29.3 Å². The van der Waals surface area contributed by atoms with Crippen LogP contribution < -0.4 is 15.5 Å². The third-order valence-electron chi connectivity index (χ3n) is 2.73. The minimum atomic E-state index is 0.660. The average molecular weight is 307 g/mol. The Kier molecular flexibility index (Phi) is 5.46. The minimum Gasteiger partial charge on any atom is -0.357 e. The molecule has 6 heteroatoms. The Morgan fingerprint density at radius 2 is 2.05 bits per heavy atom. The number of rotatable bonds is 5. The van der Waals surface area contributed by atoms with E-state index in [1.54, 1.807) is 11.3 Å². The van der Waals surface area contributed by atoms with E-state index in [0.29, 0.717) is 5.11 Å². The van der Waals surface area contributed by atoms with Gasteiger partial charge in [-0.05, 0) is 36.5 Å². The number of thiazole rings is 1. The van der Waals surface area contributed by atoms with Gasteiger partial charge in [0, 0.05) is 22.8 Å². The molecule has 0 amide bonds. The van der Waals surface area contributed by atoms with Gasteiger partial charge in [-0.25, -0.2) is 4.98 Å². The van der Waals surface area contributed by atoms with Gasteiger partial charge in [0.2, 0.25) is 0 Å². The van der Waals surface area contributed by atoms with Crippen LogP contribution >= 0.6 is 23.6 Å². The molecule has 0 fully saturated rings. The van der Waals surface area contributed by atoms with Gasteiger partial charge in [0.15, 0.2) is 5.11 Å². The Balaban J connectivity index is 1.86. The van der Waals surface area contributed by atoms with Gasteiger partial charge >= 0.3 is 0 Å². The summed E-state index contributed by atoms with van der Waals surface area (Å²) in [5, 5.41) is 10.0. The first-order valence-electron chi connectivity index (χ1n) is 6.49. The van der Waals surface area contributed by atoms with Crippen molar-refractivity contribution in [3.63, 3.8) is 0 Å². The van der Waals surface area contributed by atoms with Gasteiger partial charge in [0.05, 0.1) is 27.2 Å². The summed E-state index contributed by atoms with van der Waals surface area (Å²) < 4.78 is 0. The van der Waals surface area contributed by atoms with Crippen LogP contribution in [0.1, 0.15) is 0 Å². The first-order chi connectivity index (χ1) is 9.65. The summed E-state index contributed by atoms with van der Waals surface area (Å²) in [5.41, 5.74) is 2.11. The summed E-state index contributed by atoms with van der Waals surface area (Å²) in [6, 6.07) is 8.13. The van der Waals surface area contributed by atoms with Crippen molar-refractivity contribution < 1.29 is 4.90 Å². The Hall–Kier alpha value is -1.50. The van der Waals surface area contributed by atoms with Crippen molar-refractivity contribution in [3.8, 4) is 10.6 Å². The lowest BCUT2D eigenvalue weighted by Crippen LogP contribution is -3.06. The highest BCUT2D eigenvalue weighted by Crippen LogP contribution is 2.23. The Bertz CT molecular complexity index is 535. The minimum absolute atomic E-state index is 0.660. The van der Waals surface area contributed by atoms with E-state index in [4.69, 9.17) is 12.2 Å². The highest BCUT2D eigenvalue weighted by atomic mass is 32.1. The Morgan fingerprint density at radius 3 is 2.65 bits per heavy atom. The fourth-order valence-corrected chi connectivity index (χ4v) is 2.53. The summed E-state index contributed by atoms with van der Waals surface area (Å²) >= 11 is 6.90. The zero-order chi connectivity index (χ0) is 14.4. The fourth-order valence-electron chi connectivity index (χ4n) is 1.66. The van der Waals surface area contributed by atoms with Crippen molar-refractivity contribution >= 4 is 34.4 Å². The van der Waals surface area contributed by atoms with E-state index >= 15 is 0 Å². The van der Waals surface area contributed by atoms with Crippen LogP contribution in [0.3, 0.4) is 0 Å². The lowest BCUT2D eigenvalue weighted by atomic mass is 10.2. The summed E-state index contributed by atoms with van der Waals surface area (Å²) in [5.74, 6) is 0. The molecule has 106 valence electrons. The monoisotopic (exact) mass is 307 g/mol. The average Bonchev–Trinajstić information content (AvgIpc) is 2.93. The molecule has 0 atom stereocenters. The number of anilines is 1. The molecule has 0 aliphatic heterocycles. The van der Waals surface area contributed by atoms with Crippen LogP contribution in [0.15, 0.2) is 35.8 Å². The van der Waals surface area contributed by atoms with Crippen LogP contribution in [0.5, 0.6) is 0 Å². The normalized spacial score (nSPS) is 10.6. The van der Waals surface area contributed by atoms with Gasteiger partial charge in [-0.1, -0.05) is 0 Å². The first kappa shape index (κ1) is 14.9. The predicted molar refractivity (Wildman–Crippen MR) is 89.5 cm³/mol. The zero-order valence-electron chi connectivity index (χ0n) is 11.6. The van der Waals surface area contributed by atoms with Gasteiger partial charge in [-0.3, -0.25) is 0 Å². The summed E-state index contributed by atoms with van der Waals surface area (Å²) in [7, 11) is 4.24. The van der Waals surface area contributed by atoms with Gasteiger partial charge in [0.25, 0.3) is 0 Å². The molecule has 3 N–H and O–H groups in total. The molecule has 1 aromatic carbocycles. The molecule has 0 radical (unpaired) electrons. The smallest absolute Gasteiger partial charge is 0.170 e. The van der Waals surface area contributed by atoms with Gasteiger partial charge in [0.1, 0.15) is 5.01 Å². The fraction of sp³-hybridized carbons (Fsp3) is 0.286. The summed E-state index contributed by atoms with van der Waals surface area (Å²) in [6.07, 6.45) is 1.82. The largest absolute Gasteiger partial charge is 0.357 e. The molecule has 1 heterocycles. The van der Waals surface area contributed by atoms with Crippen molar-refractivity contribution in [2.24, 2.45) is 0 Å². The number of aromatic nitrogens is 1. The molecular formula is C14H19N4S2+. The second-order valence-corrected chi connectivity index (χ2v) is 6.06. The summed E-state index contributed by atoms with van der Waals surface area (Å²) in [6.45, 7) is 1.90. The number of thiocarbonyl (C=S) groups is 1. The quantitative estimate of drug-likeness (QED) is 0.727. The van der Waals surface area contributed by atoms with E-state index < -0.39 is 0 Å². The Morgan fingerprint density at radius 1 is 1.30 bits per heavy atom. The van der Waals surface area contributed by atoms with Gasteiger partial charge in [-0.2, -0.15) is 0 Å². The van der Waals surface area contributed by atoms with Crippen LogP contribution in [-0.4, -0.2) is 37.3 Å². The number of hydrogen-bond acceptors (Lipinski definition) is 3. The predicted octanol–water partition coefficient (Wildman–Crippen LogP) is 1.24. The molecule has 2 aromatic rings. The molecule has 0 spiro atoms.